The van der Waals surface area contributed by atoms with Crippen LogP contribution in [-0.2, 0) is 14.8 Å². The fourth-order valence-electron chi connectivity index (χ4n) is 5.05. The molecule has 1 amide bonds. The molecule has 188 valence electrons. The van der Waals surface area contributed by atoms with Crippen LogP contribution in [0.2, 0.25) is 0 Å². The maximum atomic E-state index is 13.7. The standard InChI is InChI=1S/C29H26N2O5S/c30-29(33)27(25-14-15-36-26-16-19(18-32)10-13-24(25)26)28(21-7-2-1-3-8-21)31-37(34,35)23-12-11-20-6-4-5-9-22(20)17-23/h1-13,16-18,25,27-28,31H,14-15H2,(H2,30,33)/t25?,27-,28+/m1/s1. The molecule has 1 unspecified atom stereocenters. The van der Waals surface area contributed by atoms with Crippen LogP contribution in [0.1, 0.15) is 39.9 Å². The van der Waals surface area contributed by atoms with Gasteiger partial charge in [0.05, 0.1) is 23.5 Å². The van der Waals surface area contributed by atoms with E-state index in [1.54, 1.807) is 60.7 Å². The van der Waals surface area contributed by atoms with Crippen LogP contribution >= 0.6 is 0 Å². The summed E-state index contributed by atoms with van der Waals surface area (Å²) in [6, 6.07) is 25.5. The van der Waals surface area contributed by atoms with Gasteiger partial charge in [0, 0.05) is 11.5 Å². The number of hydrogen-bond donors (Lipinski definition) is 2. The maximum Gasteiger partial charge on any atom is 0.241 e. The molecule has 1 aliphatic rings. The zero-order valence-corrected chi connectivity index (χ0v) is 20.7. The quantitative estimate of drug-likeness (QED) is 0.340. The molecule has 4 aromatic rings. The average molecular weight is 515 g/mol. The van der Waals surface area contributed by atoms with Gasteiger partial charge in [0.25, 0.3) is 0 Å². The third kappa shape index (κ3) is 4.98. The number of carbonyl (C=O) groups is 2. The SMILES string of the molecule is NC(=O)[C@H](C1CCOc2cc(C=O)ccc21)[C@@H](NS(=O)(=O)c1ccc2ccccc2c1)c1ccccc1. The Labute approximate surface area is 215 Å². The number of ether oxygens (including phenoxy) is 1. The lowest BCUT2D eigenvalue weighted by Crippen LogP contribution is -2.43. The molecule has 8 heteroatoms. The van der Waals surface area contributed by atoms with Crippen LogP contribution in [0, 0.1) is 5.92 Å². The summed E-state index contributed by atoms with van der Waals surface area (Å²) in [5.41, 5.74) is 7.76. The molecule has 3 atom stereocenters. The minimum absolute atomic E-state index is 0.0957. The first kappa shape index (κ1) is 24.7. The first-order valence-electron chi connectivity index (χ1n) is 11.9. The van der Waals surface area contributed by atoms with Gasteiger partial charge in [-0.1, -0.05) is 72.8 Å². The summed E-state index contributed by atoms with van der Waals surface area (Å²) in [6.45, 7) is 0.308. The summed E-state index contributed by atoms with van der Waals surface area (Å²) in [4.78, 5) is 24.4. The minimum Gasteiger partial charge on any atom is -0.493 e. The van der Waals surface area contributed by atoms with Crippen LogP contribution in [0.3, 0.4) is 0 Å². The number of benzene rings is 4. The number of primary amides is 1. The normalized spacial score (nSPS) is 16.8. The van der Waals surface area contributed by atoms with Gasteiger partial charge in [-0.3, -0.25) is 9.59 Å². The van der Waals surface area contributed by atoms with Crippen molar-refractivity contribution in [2.75, 3.05) is 6.61 Å². The van der Waals surface area contributed by atoms with Gasteiger partial charge in [0.1, 0.15) is 12.0 Å². The lowest BCUT2D eigenvalue weighted by Gasteiger charge is -2.35. The summed E-state index contributed by atoms with van der Waals surface area (Å²) in [7, 11) is -4.04. The molecule has 0 fully saturated rings. The van der Waals surface area contributed by atoms with Crippen molar-refractivity contribution in [3.05, 3.63) is 108 Å². The molecule has 0 spiro atoms. The van der Waals surface area contributed by atoms with Gasteiger partial charge in [0.2, 0.25) is 15.9 Å². The van der Waals surface area contributed by atoms with Crippen molar-refractivity contribution >= 4 is 33.0 Å². The second kappa shape index (κ2) is 10.2. The smallest absolute Gasteiger partial charge is 0.241 e. The van der Waals surface area contributed by atoms with Crippen molar-refractivity contribution in [2.45, 2.75) is 23.3 Å². The average Bonchev–Trinajstić information content (AvgIpc) is 2.92. The Bertz CT molecular complexity index is 1570. The van der Waals surface area contributed by atoms with Crippen LogP contribution in [0.4, 0.5) is 0 Å². The second-order valence-corrected chi connectivity index (χ2v) is 10.8. The molecule has 37 heavy (non-hydrogen) atoms. The topological polar surface area (TPSA) is 116 Å². The van der Waals surface area contributed by atoms with E-state index in [0.717, 1.165) is 17.1 Å². The molecule has 7 nitrogen and oxygen atoms in total. The van der Waals surface area contributed by atoms with Gasteiger partial charge in [0.15, 0.2) is 0 Å². The second-order valence-electron chi connectivity index (χ2n) is 9.11. The predicted octanol–water partition coefficient (Wildman–Crippen LogP) is 4.34. The van der Waals surface area contributed by atoms with Crippen molar-refractivity contribution in [1.29, 1.82) is 0 Å². The van der Waals surface area contributed by atoms with Gasteiger partial charge in [-0.05, 0) is 46.5 Å². The highest BCUT2D eigenvalue weighted by Crippen LogP contribution is 2.43. The van der Waals surface area contributed by atoms with Gasteiger partial charge in [-0.2, -0.15) is 0 Å². The lowest BCUT2D eigenvalue weighted by atomic mass is 9.76. The number of carbonyl (C=O) groups excluding carboxylic acids is 2. The van der Waals surface area contributed by atoms with Crippen molar-refractivity contribution < 1.29 is 22.7 Å². The highest BCUT2D eigenvalue weighted by molar-refractivity contribution is 7.89. The highest BCUT2D eigenvalue weighted by atomic mass is 32.2. The van der Waals surface area contributed by atoms with Crippen LogP contribution in [0.15, 0.2) is 95.9 Å². The summed E-state index contributed by atoms with van der Waals surface area (Å²) in [5, 5.41) is 1.71. The van der Waals surface area contributed by atoms with Crippen molar-refractivity contribution in [3.63, 3.8) is 0 Å². The molecule has 3 N–H and O–H groups in total. The van der Waals surface area contributed by atoms with E-state index >= 15 is 0 Å². The first-order valence-corrected chi connectivity index (χ1v) is 13.4. The van der Waals surface area contributed by atoms with Crippen LogP contribution in [0.25, 0.3) is 10.8 Å². The van der Waals surface area contributed by atoms with E-state index in [9.17, 15) is 18.0 Å². The molecule has 0 saturated heterocycles. The molecule has 0 radical (unpaired) electrons. The van der Waals surface area contributed by atoms with Gasteiger partial charge in [-0.25, -0.2) is 13.1 Å². The van der Waals surface area contributed by atoms with E-state index < -0.39 is 33.8 Å². The van der Waals surface area contributed by atoms with Crippen molar-refractivity contribution in [1.82, 2.24) is 4.72 Å². The Hall–Kier alpha value is -4.01. The summed E-state index contributed by atoms with van der Waals surface area (Å²) < 4.78 is 35.9. The summed E-state index contributed by atoms with van der Waals surface area (Å²) in [5.74, 6) is -1.47. The monoisotopic (exact) mass is 514 g/mol. The third-order valence-corrected chi connectivity index (χ3v) is 8.29. The molecule has 5 rings (SSSR count). The van der Waals surface area contributed by atoms with Crippen LogP contribution in [-0.4, -0.2) is 27.2 Å². The van der Waals surface area contributed by atoms with E-state index in [4.69, 9.17) is 10.5 Å². The molecule has 1 heterocycles. The predicted molar refractivity (Wildman–Crippen MR) is 141 cm³/mol. The van der Waals surface area contributed by atoms with Crippen LogP contribution in [0.5, 0.6) is 5.75 Å². The molecule has 0 aromatic heterocycles. The molecule has 4 aromatic carbocycles. The largest absolute Gasteiger partial charge is 0.493 e. The minimum atomic E-state index is -4.04. The number of nitrogens with two attached hydrogens (primary N) is 1. The zero-order valence-electron chi connectivity index (χ0n) is 19.9. The molecular formula is C29H26N2O5S. The highest BCUT2D eigenvalue weighted by Gasteiger charge is 2.40. The number of sulfonamides is 1. The fourth-order valence-corrected chi connectivity index (χ4v) is 6.34. The number of rotatable bonds is 8. The van der Waals surface area contributed by atoms with E-state index in [1.807, 2.05) is 30.3 Å². The van der Waals surface area contributed by atoms with E-state index in [0.29, 0.717) is 35.5 Å². The Kier molecular flexibility index (Phi) is 6.78. The Balaban J connectivity index is 1.59. The first-order chi connectivity index (χ1) is 17.9. The molecular weight excluding hydrogens is 488 g/mol. The summed E-state index contributed by atoms with van der Waals surface area (Å²) >= 11 is 0. The number of amides is 1. The summed E-state index contributed by atoms with van der Waals surface area (Å²) in [6.07, 6.45) is 1.19. The third-order valence-electron chi connectivity index (χ3n) is 6.85. The van der Waals surface area contributed by atoms with Gasteiger partial charge >= 0.3 is 0 Å². The number of nitrogens with one attached hydrogen (secondary N) is 1. The number of hydrogen-bond acceptors (Lipinski definition) is 5. The molecule has 0 saturated carbocycles. The molecule has 0 aliphatic carbocycles. The number of aldehydes is 1. The molecule has 1 aliphatic heterocycles. The van der Waals surface area contributed by atoms with Gasteiger partial charge in [-0.15, -0.1) is 0 Å². The van der Waals surface area contributed by atoms with Crippen molar-refractivity contribution in [3.8, 4) is 5.75 Å². The fraction of sp³-hybridized carbons (Fsp3) is 0.172. The van der Waals surface area contributed by atoms with E-state index in [1.165, 1.54) is 0 Å². The zero-order chi connectivity index (χ0) is 26.0. The lowest BCUT2D eigenvalue weighted by molar-refractivity contribution is -0.123. The van der Waals surface area contributed by atoms with Gasteiger partial charge < -0.3 is 10.5 Å². The Morgan fingerprint density at radius 1 is 0.946 bits per heavy atom. The molecule has 0 bridgehead atoms. The van der Waals surface area contributed by atoms with Crippen LogP contribution < -0.4 is 15.2 Å². The number of fused-ring (bicyclic) bond motifs is 2. The maximum absolute atomic E-state index is 13.7. The van der Waals surface area contributed by atoms with Crippen molar-refractivity contribution in [2.24, 2.45) is 11.7 Å². The van der Waals surface area contributed by atoms with E-state index in [-0.39, 0.29) is 4.90 Å². The Morgan fingerprint density at radius 2 is 1.68 bits per heavy atom. The Morgan fingerprint density at radius 3 is 2.41 bits per heavy atom. The van der Waals surface area contributed by atoms with E-state index in [2.05, 4.69) is 4.72 Å².